The maximum Gasteiger partial charge on any atom is 0.329 e. The minimum absolute atomic E-state index is 0.175. The number of carbonyl (C=O) groups is 2. The van der Waals surface area contributed by atoms with Gasteiger partial charge in [-0.3, -0.25) is 4.79 Å². The average Bonchev–Trinajstić information content (AvgIpc) is 2.72. The van der Waals surface area contributed by atoms with E-state index in [-0.39, 0.29) is 23.8 Å². The molecule has 30 heavy (non-hydrogen) atoms. The van der Waals surface area contributed by atoms with E-state index in [4.69, 9.17) is 11.6 Å². The van der Waals surface area contributed by atoms with Crippen LogP contribution in [-0.2, 0) is 11.2 Å². The topological polar surface area (TPSA) is 52.7 Å². The number of hydrogen-bond acceptors (Lipinski definition) is 3. The SMILES string of the molecule is O=C1CC(CN2CCC(Cc3cc(F)ccc3Cl)CC2)NC(=O)N1c1ccccc1. The highest BCUT2D eigenvalue weighted by molar-refractivity contribution is 6.31. The van der Waals surface area contributed by atoms with E-state index in [0.29, 0.717) is 29.6 Å². The number of nitrogens with zero attached hydrogens (tertiary/aromatic N) is 2. The van der Waals surface area contributed by atoms with Gasteiger partial charge in [0.25, 0.3) is 0 Å². The number of para-hydroxylation sites is 1. The van der Waals surface area contributed by atoms with Crippen molar-refractivity contribution in [1.82, 2.24) is 10.2 Å². The van der Waals surface area contributed by atoms with E-state index in [0.717, 1.165) is 37.9 Å². The van der Waals surface area contributed by atoms with Gasteiger partial charge in [-0.15, -0.1) is 0 Å². The Labute approximate surface area is 180 Å². The molecule has 3 amide bonds. The number of benzene rings is 2. The van der Waals surface area contributed by atoms with Gasteiger partial charge in [-0.1, -0.05) is 29.8 Å². The minimum atomic E-state index is -0.363. The summed E-state index contributed by atoms with van der Waals surface area (Å²) in [5, 5.41) is 3.59. The van der Waals surface area contributed by atoms with Crippen LogP contribution < -0.4 is 10.2 Å². The molecule has 0 spiro atoms. The second kappa shape index (κ2) is 9.14. The summed E-state index contributed by atoms with van der Waals surface area (Å²) in [6.45, 7) is 2.44. The van der Waals surface area contributed by atoms with Gasteiger partial charge >= 0.3 is 6.03 Å². The van der Waals surface area contributed by atoms with Gasteiger partial charge in [0, 0.05) is 18.0 Å². The second-order valence-electron chi connectivity index (χ2n) is 8.10. The number of halogens is 2. The Morgan fingerprint density at radius 3 is 2.50 bits per heavy atom. The molecule has 2 aromatic carbocycles. The zero-order chi connectivity index (χ0) is 21.1. The van der Waals surface area contributed by atoms with Crippen LogP contribution in [0.4, 0.5) is 14.9 Å². The van der Waals surface area contributed by atoms with Gasteiger partial charge in [0.2, 0.25) is 5.91 Å². The fraction of sp³-hybridized carbons (Fsp3) is 0.391. The van der Waals surface area contributed by atoms with Crippen molar-refractivity contribution in [2.24, 2.45) is 5.92 Å². The first-order valence-corrected chi connectivity index (χ1v) is 10.7. The summed E-state index contributed by atoms with van der Waals surface area (Å²) in [6.07, 6.45) is 3.03. The summed E-state index contributed by atoms with van der Waals surface area (Å²) >= 11 is 6.20. The molecule has 4 rings (SSSR count). The Kier molecular flexibility index (Phi) is 6.35. The third-order valence-corrected chi connectivity index (χ3v) is 6.29. The third kappa shape index (κ3) is 4.82. The van der Waals surface area contributed by atoms with Crippen molar-refractivity contribution in [2.75, 3.05) is 24.5 Å². The monoisotopic (exact) mass is 429 g/mol. The summed E-state index contributed by atoms with van der Waals surface area (Å²) in [7, 11) is 0. The second-order valence-corrected chi connectivity index (χ2v) is 8.51. The first-order chi connectivity index (χ1) is 14.5. The van der Waals surface area contributed by atoms with Crippen LogP contribution in [0.25, 0.3) is 0 Å². The molecule has 2 heterocycles. The van der Waals surface area contributed by atoms with Crippen LogP contribution in [0.15, 0.2) is 48.5 Å². The van der Waals surface area contributed by atoms with Crippen LogP contribution in [0.1, 0.15) is 24.8 Å². The van der Waals surface area contributed by atoms with Gasteiger partial charge in [0.05, 0.1) is 11.7 Å². The van der Waals surface area contributed by atoms with Crippen molar-refractivity contribution >= 4 is 29.2 Å². The molecule has 2 aliphatic heterocycles. The van der Waals surface area contributed by atoms with Crippen molar-refractivity contribution in [3.05, 3.63) is 64.9 Å². The fourth-order valence-electron chi connectivity index (χ4n) is 4.35. The van der Waals surface area contributed by atoms with Crippen molar-refractivity contribution in [1.29, 1.82) is 0 Å². The summed E-state index contributed by atoms with van der Waals surface area (Å²) in [6, 6.07) is 13.0. The molecule has 1 atom stereocenters. The molecule has 0 aliphatic carbocycles. The number of rotatable bonds is 5. The first-order valence-electron chi connectivity index (χ1n) is 10.3. The van der Waals surface area contributed by atoms with E-state index in [1.165, 1.54) is 17.0 Å². The first kappa shape index (κ1) is 20.8. The summed E-state index contributed by atoms with van der Waals surface area (Å²) < 4.78 is 13.5. The zero-order valence-electron chi connectivity index (χ0n) is 16.7. The summed E-state index contributed by atoms with van der Waals surface area (Å²) in [5.74, 6) is 0.0244. The Morgan fingerprint density at radius 1 is 1.07 bits per heavy atom. The summed E-state index contributed by atoms with van der Waals surface area (Å²) in [5.41, 5.74) is 1.46. The number of hydrogen-bond donors (Lipinski definition) is 1. The lowest BCUT2D eigenvalue weighted by Crippen LogP contribution is -2.58. The number of piperidine rings is 1. The molecule has 1 unspecified atom stereocenters. The Balaban J connectivity index is 1.28. The van der Waals surface area contributed by atoms with E-state index in [9.17, 15) is 14.0 Å². The van der Waals surface area contributed by atoms with E-state index < -0.39 is 0 Å². The summed E-state index contributed by atoms with van der Waals surface area (Å²) in [4.78, 5) is 28.6. The number of urea groups is 1. The zero-order valence-corrected chi connectivity index (χ0v) is 17.4. The van der Waals surface area contributed by atoms with Gasteiger partial charge in [-0.25, -0.2) is 14.1 Å². The molecule has 2 fully saturated rings. The Hall–Kier alpha value is -2.44. The lowest BCUT2D eigenvalue weighted by atomic mass is 9.90. The number of likely N-dealkylation sites (tertiary alicyclic amines) is 1. The minimum Gasteiger partial charge on any atom is -0.333 e. The number of anilines is 1. The molecule has 1 N–H and O–H groups in total. The van der Waals surface area contributed by atoms with E-state index in [1.807, 2.05) is 18.2 Å². The van der Waals surface area contributed by atoms with Crippen molar-refractivity contribution in [3.8, 4) is 0 Å². The maximum absolute atomic E-state index is 13.5. The highest BCUT2D eigenvalue weighted by atomic mass is 35.5. The van der Waals surface area contributed by atoms with E-state index >= 15 is 0 Å². The molecule has 2 aliphatic rings. The number of amides is 3. The smallest absolute Gasteiger partial charge is 0.329 e. The third-order valence-electron chi connectivity index (χ3n) is 5.92. The molecular formula is C23H25ClFN3O2. The van der Waals surface area contributed by atoms with E-state index in [2.05, 4.69) is 10.2 Å². The number of nitrogens with one attached hydrogen (secondary N) is 1. The normalized spacial score (nSPS) is 21.0. The molecule has 2 saturated heterocycles. The quantitative estimate of drug-likeness (QED) is 0.773. The van der Waals surface area contributed by atoms with Gasteiger partial charge < -0.3 is 10.2 Å². The molecule has 5 nitrogen and oxygen atoms in total. The van der Waals surface area contributed by atoms with Gasteiger partial charge in [0.15, 0.2) is 0 Å². The van der Waals surface area contributed by atoms with Crippen LogP contribution in [0.2, 0.25) is 5.02 Å². The predicted molar refractivity (Wildman–Crippen MR) is 115 cm³/mol. The van der Waals surface area contributed by atoms with Crippen LogP contribution in [-0.4, -0.2) is 42.5 Å². The van der Waals surface area contributed by atoms with Crippen LogP contribution in [0, 0.1) is 11.7 Å². The number of imide groups is 1. The molecule has 2 aromatic rings. The maximum atomic E-state index is 13.5. The van der Waals surface area contributed by atoms with Gasteiger partial charge in [-0.05, 0) is 74.2 Å². The molecule has 0 bridgehead atoms. The fourth-order valence-corrected chi connectivity index (χ4v) is 4.54. The van der Waals surface area contributed by atoms with Gasteiger partial charge in [-0.2, -0.15) is 0 Å². The molecule has 7 heteroatoms. The Bertz CT molecular complexity index is 898. The Morgan fingerprint density at radius 2 is 1.80 bits per heavy atom. The largest absolute Gasteiger partial charge is 0.333 e. The van der Waals surface area contributed by atoms with Crippen LogP contribution in [0.5, 0.6) is 0 Å². The molecular weight excluding hydrogens is 405 g/mol. The van der Waals surface area contributed by atoms with Crippen molar-refractivity contribution < 1.29 is 14.0 Å². The molecule has 0 saturated carbocycles. The van der Waals surface area contributed by atoms with Gasteiger partial charge in [0.1, 0.15) is 5.82 Å². The number of carbonyl (C=O) groups excluding carboxylic acids is 2. The molecule has 0 aromatic heterocycles. The standard InChI is InChI=1S/C23H25ClFN3O2/c24-21-7-6-18(25)13-17(21)12-16-8-10-27(11-9-16)15-19-14-22(29)28(23(30)26-19)20-4-2-1-3-5-20/h1-7,13,16,19H,8-12,14-15H2,(H,26,30). The highest BCUT2D eigenvalue weighted by Gasteiger charge is 2.34. The van der Waals surface area contributed by atoms with Crippen molar-refractivity contribution in [2.45, 2.75) is 31.7 Å². The molecule has 0 radical (unpaired) electrons. The lowest BCUT2D eigenvalue weighted by Gasteiger charge is -2.37. The van der Waals surface area contributed by atoms with Crippen LogP contribution >= 0.6 is 11.6 Å². The average molecular weight is 430 g/mol. The van der Waals surface area contributed by atoms with E-state index in [1.54, 1.807) is 18.2 Å². The highest BCUT2D eigenvalue weighted by Crippen LogP contribution is 2.27. The lowest BCUT2D eigenvalue weighted by molar-refractivity contribution is -0.119. The predicted octanol–water partition coefficient (Wildman–Crippen LogP) is 4.25. The van der Waals surface area contributed by atoms with Crippen LogP contribution in [0.3, 0.4) is 0 Å². The molecule has 158 valence electrons. The van der Waals surface area contributed by atoms with Crippen molar-refractivity contribution in [3.63, 3.8) is 0 Å².